The van der Waals surface area contributed by atoms with Crippen LogP contribution in [0.5, 0.6) is 0 Å². The number of hydrogen-bond donors (Lipinski definition) is 2. The summed E-state index contributed by atoms with van der Waals surface area (Å²) in [7, 11) is -4.04. The largest absolute Gasteiger partial charge is 0.378 e. The van der Waals surface area contributed by atoms with Crippen LogP contribution in [0.25, 0.3) is 0 Å². The monoisotopic (exact) mass is 391 g/mol. The lowest BCUT2D eigenvalue weighted by molar-refractivity contribution is -0.138. The summed E-state index contributed by atoms with van der Waals surface area (Å²) in [6, 6.07) is -0.920. The Hall–Kier alpha value is -1.63. The van der Waals surface area contributed by atoms with Crippen molar-refractivity contribution in [1.82, 2.24) is 19.8 Å². The molecule has 2 amide bonds. The predicted molar refractivity (Wildman–Crippen MR) is 90.6 cm³/mol. The molecule has 2 N–H and O–H groups in total. The molecule has 0 spiro atoms. The van der Waals surface area contributed by atoms with Crippen molar-refractivity contribution < 1.29 is 22.7 Å². The minimum absolute atomic E-state index is 0.0773. The first-order valence-corrected chi connectivity index (χ1v) is 10.0. The van der Waals surface area contributed by atoms with Crippen LogP contribution < -0.4 is 10.0 Å². The van der Waals surface area contributed by atoms with Crippen molar-refractivity contribution in [3.63, 3.8) is 0 Å². The first-order chi connectivity index (χ1) is 11.7. The first kappa shape index (κ1) is 19.7. The molecular weight excluding hydrogens is 370 g/mol. The lowest BCUT2D eigenvalue weighted by atomic mass is 10.0. The van der Waals surface area contributed by atoms with Gasteiger partial charge in [-0.05, 0) is 5.92 Å². The molecule has 0 unspecified atom stereocenters. The van der Waals surface area contributed by atoms with Gasteiger partial charge in [0.1, 0.15) is 6.04 Å². The third-order valence-corrected chi connectivity index (χ3v) is 6.10. The summed E-state index contributed by atoms with van der Waals surface area (Å²) in [5.41, 5.74) is 0. The summed E-state index contributed by atoms with van der Waals surface area (Å²) in [5.74, 6) is -0.933. The maximum absolute atomic E-state index is 12.7. The number of carbonyl (C=O) groups is 2. The number of carbonyl (C=O) groups excluding carboxylic acids is 2. The number of hydrogen-bond acceptors (Lipinski definition) is 8. The molecular formula is C13H21N5O5S2. The third-order valence-electron chi connectivity index (χ3n) is 3.46. The summed E-state index contributed by atoms with van der Waals surface area (Å²) in [5, 5.41) is 9.65. The zero-order valence-corrected chi connectivity index (χ0v) is 15.8. The Morgan fingerprint density at radius 2 is 1.88 bits per heavy atom. The SMILES string of the molecule is CC(=O)Nc1nnc(S(=O)(=O)N[C@H](C(=O)N2CCOCC2)C(C)C)s1. The second-order valence-electron chi connectivity index (χ2n) is 5.83. The molecule has 25 heavy (non-hydrogen) atoms. The molecule has 0 saturated carbocycles. The lowest BCUT2D eigenvalue weighted by Gasteiger charge is -2.31. The van der Waals surface area contributed by atoms with Crippen molar-refractivity contribution in [2.24, 2.45) is 5.92 Å². The number of morpholine rings is 1. The van der Waals surface area contributed by atoms with Crippen LogP contribution in [0.1, 0.15) is 20.8 Å². The topological polar surface area (TPSA) is 131 Å². The van der Waals surface area contributed by atoms with E-state index in [0.717, 1.165) is 11.3 Å². The van der Waals surface area contributed by atoms with Gasteiger partial charge < -0.3 is 15.0 Å². The van der Waals surface area contributed by atoms with Crippen molar-refractivity contribution in [1.29, 1.82) is 0 Å². The maximum atomic E-state index is 12.7. The van der Waals surface area contributed by atoms with Gasteiger partial charge >= 0.3 is 0 Å². The summed E-state index contributed by atoms with van der Waals surface area (Å²) in [6.45, 7) is 6.51. The molecule has 0 aliphatic carbocycles. The molecule has 2 heterocycles. The number of nitrogens with one attached hydrogen (secondary N) is 2. The third kappa shape index (κ3) is 5.17. The van der Waals surface area contributed by atoms with E-state index in [1.807, 2.05) is 0 Å². The van der Waals surface area contributed by atoms with Crippen LogP contribution in [0.2, 0.25) is 0 Å². The Morgan fingerprint density at radius 3 is 2.44 bits per heavy atom. The van der Waals surface area contributed by atoms with Gasteiger partial charge in [0, 0.05) is 20.0 Å². The fourth-order valence-electron chi connectivity index (χ4n) is 2.19. The molecule has 1 aliphatic rings. The van der Waals surface area contributed by atoms with E-state index in [9.17, 15) is 18.0 Å². The standard InChI is InChI=1S/C13H21N5O5S2/c1-8(2)10(11(20)18-4-6-23-7-5-18)17-25(21,22)13-16-15-12(24-13)14-9(3)19/h8,10,17H,4-7H2,1-3H3,(H,14,15,19)/t10-/m0/s1. The van der Waals surface area contributed by atoms with Crippen LogP contribution >= 0.6 is 11.3 Å². The highest BCUT2D eigenvalue weighted by Gasteiger charge is 2.33. The Morgan fingerprint density at radius 1 is 1.24 bits per heavy atom. The lowest BCUT2D eigenvalue weighted by Crippen LogP contribution is -2.53. The number of nitrogens with zero attached hydrogens (tertiary/aromatic N) is 3. The Balaban J connectivity index is 2.15. The van der Waals surface area contributed by atoms with Crippen LogP contribution in [-0.2, 0) is 24.3 Å². The van der Waals surface area contributed by atoms with Crippen LogP contribution in [-0.4, -0.2) is 67.7 Å². The van der Waals surface area contributed by atoms with Gasteiger partial charge in [-0.25, -0.2) is 8.42 Å². The van der Waals surface area contributed by atoms with E-state index in [0.29, 0.717) is 26.3 Å². The minimum Gasteiger partial charge on any atom is -0.378 e. The highest BCUT2D eigenvalue weighted by atomic mass is 32.2. The molecule has 12 heteroatoms. The second kappa shape index (κ2) is 8.17. The van der Waals surface area contributed by atoms with Gasteiger partial charge in [-0.15, -0.1) is 10.2 Å². The summed E-state index contributed by atoms with van der Waals surface area (Å²) < 4.78 is 32.4. The van der Waals surface area contributed by atoms with Crippen molar-refractivity contribution >= 4 is 38.3 Å². The normalized spacial score (nSPS) is 16.7. The molecule has 140 valence electrons. The summed E-state index contributed by atoms with van der Waals surface area (Å²) >= 11 is 0.720. The highest BCUT2D eigenvalue weighted by Crippen LogP contribution is 2.21. The van der Waals surface area contributed by atoms with Gasteiger partial charge in [0.15, 0.2) is 0 Å². The van der Waals surface area contributed by atoms with E-state index in [-0.39, 0.29) is 27.2 Å². The molecule has 1 aromatic heterocycles. The molecule has 0 bridgehead atoms. The quantitative estimate of drug-likeness (QED) is 0.634. The Bertz CT molecular complexity index is 727. The fraction of sp³-hybridized carbons (Fsp3) is 0.692. The van der Waals surface area contributed by atoms with Crippen molar-refractivity contribution in [3.8, 4) is 0 Å². The maximum Gasteiger partial charge on any atom is 0.270 e. The molecule has 0 aromatic carbocycles. The first-order valence-electron chi connectivity index (χ1n) is 7.70. The van der Waals surface area contributed by atoms with E-state index in [1.165, 1.54) is 6.92 Å². The molecule has 1 fully saturated rings. The van der Waals surface area contributed by atoms with Crippen molar-refractivity contribution in [2.45, 2.75) is 31.2 Å². The Labute approximate surface area is 150 Å². The molecule has 1 saturated heterocycles. The van der Waals surface area contributed by atoms with E-state index in [4.69, 9.17) is 4.74 Å². The average molecular weight is 391 g/mol. The van der Waals surface area contributed by atoms with Crippen molar-refractivity contribution in [2.75, 3.05) is 31.6 Å². The van der Waals surface area contributed by atoms with Gasteiger partial charge in [0.25, 0.3) is 10.0 Å². The summed E-state index contributed by atoms with van der Waals surface area (Å²) in [6.07, 6.45) is 0. The molecule has 1 aliphatic heterocycles. The highest BCUT2D eigenvalue weighted by molar-refractivity contribution is 7.91. The molecule has 1 aromatic rings. The van der Waals surface area contributed by atoms with Crippen LogP contribution in [0.15, 0.2) is 4.34 Å². The van der Waals surface area contributed by atoms with Gasteiger partial charge in [-0.1, -0.05) is 25.2 Å². The van der Waals surface area contributed by atoms with Crippen LogP contribution in [0.4, 0.5) is 5.13 Å². The predicted octanol–water partition coefficient (Wildman–Crippen LogP) is -0.342. The second-order valence-corrected chi connectivity index (χ2v) is 8.70. The number of amides is 2. The molecule has 2 rings (SSSR count). The fourth-order valence-corrected chi connectivity index (χ4v) is 4.49. The number of rotatable bonds is 6. The van der Waals surface area contributed by atoms with Crippen LogP contribution in [0.3, 0.4) is 0 Å². The number of anilines is 1. The van der Waals surface area contributed by atoms with E-state index < -0.39 is 16.1 Å². The zero-order valence-electron chi connectivity index (χ0n) is 14.2. The number of aromatic nitrogens is 2. The zero-order chi connectivity index (χ0) is 18.6. The Kier molecular flexibility index (Phi) is 6.43. The van der Waals surface area contributed by atoms with Gasteiger partial charge in [0.05, 0.1) is 13.2 Å². The van der Waals surface area contributed by atoms with E-state index in [1.54, 1.807) is 18.7 Å². The number of sulfonamides is 1. The van der Waals surface area contributed by atoms with Gasteiger partial charge in [0.2, 0.25) is 21.3 Å². The minimum atomic E-state index is -4.04. The van der Waals surface area contributed by atoms with Gasteiger partial charge in [-0.2, -0.15) is 4.72 Å². The van der Waals surface area contributed by atoms with Gasteiger partial charge in [-0.3, -0.25) is 9.59 Å². The smallest absolute Gasteiger partial charge is 0.270 e. The van der Waals surface area contributed by atoms with E-state index >= 15 is 0 Å². The molecule has 10 nitrogen and oxygen atoms in total. The number of ether oxygens (including phenoxy) is 1. The van der Waals surface area contributed by atoms with Crippen LogP contribution in [0, 0.1) is 5.92 Å². The molecule has 0 radical (unpaired) electrons. The molecule has 1 atom stereocenters. The average Bonchev–Trinajstić information content (AvgIpc) is 3.01. The van der Waals surface area contributed by atoms with Crippen molar-refractivity contribution in [3.05, 3.63) is 0 Å². The van der Waals surface area contributed by atoms with E-state index in [2.05, 4.69) is 20.2 Å². The summed E-state index contributed by atoms with van der Waals surface area (Å²) in [4.78, 5) is 25.2.